The highest BCUT2D eigenvalue weighted by atomic mass is 79.9. The van der Waals surface area contributed by atoms with E-state index in [1.54, 1.807) is 0 Å². The standard InChI is InChI=1S/C14H18BrN3O/c1-10-14(15)13(18(2)17-10)8-16-7-11-4-3-5-12(6-11)9-19/h3-6,16,19H,7-9H2,1-2H3. The van der Waals surface area contributed by atoms with E-state index < -0.39 is 0 Å². The number of aliphatic hydroxyl groups is 1. The number of aliphatic hydroxyl groups excluding tert-OH is 1. The molecule has 0 amide bonds. The van der Waals surface area contributed by atoms with Crippen LogP contribution in [0.3, 0.4) is 0 Å². The van der Waals surface area contributed by atoms with Crippen molar-refractivity contribution in [2.75, 3.05) is 0 Å². The SMILES string of the molecule is Cc1nn(C)c(CNCc2cccc(CO)c2)c1Br. The summed E-state index contributed by atoms with van der Waals surface area (Å²) in [4.78, 5) is 0. The van der Waals surface area contributed by atoms with E-state index in [0.29, 0.717) is 0 Å². The monoisotopic (exact) mass is 323 g/mol. The van der Waals surface area contributed by atoms with Gasteiger partial charge in [-0.25, -0.2) is 0 Å². The van der Waals surface area contributed by atoms with Crippen molar-refractivity contribution >= 4 is 15.9 Å². The Kier molecular flexibility index (Phi) is 4.74. The Morgan fingerprint density at radius 2 is 2.05 bits per heavy atom. The minimum Gasteiger partial charge on any atom is -0.392 e. The van der Waals surface area contributed by atoms with Crippen LogP contribution in [0.4, 0.5) is 0 Å². The van der Waals surface area contributed by atoms with Gasteiger partial charge in [-0.2, -0.15) is 5.10 Å². The number of halogens is 1. The number of hydrogen-bond acceptors (Lipinski definition) is 3. The van der Waals surface area contributed by atoms with Crippen LogP contribution < -0.4 is 5.32 Å². The van der Waals surface area contributed by atoms with Crippen molar-refractivity contribution in [1.82, 2.24) is 15.1 Å². The van der Waals surface area contributed by atoms with E-state index in [2.05, 4.69) is 32.4 Å². The smallest absolute Gasteiger partial charge is 0.0739 e. The van der Waals surface area contributed by atoms with Crippen molar-refractivity contribution in [3.05, 3.63) is 51.3 Å². The first-order valence-electron chi connectivity index (χ1n) is 6.19. The molecule has 0 aliphatic rings. The van der Waals surface area contributed by atoms with E-state index >= 15 is 0 Å². The normalized spacial score (nSPS) is 10.9. The fraction of sp³-hybridized carbons (Fsp3) is 0.357. The predicted molar refractivity (Wildman–Crippen MR) is 78.6 cm³/mol. The molecule has 5 heteroatoms. The summed E-state index contributed by atoms with van der Waals surface area (Å²) >= 11 is 3.55. The van der Waals surface area contributed by atoms with Crippen molar-refractivity contribution < 1.29 is 5.11 Å². The average Bonchev–Trinajstić information content (AvgIpc) is 2.65. The first kappa shape index (κ1) is 14.2. The highest BCUT2D eigenvalue weighted by molar-refractivity contribution is 9.10. The summed E-state index contributed by atoms with van der Waals surface area (Å²) < 4.78 is 2.95. The number of benzene rings is 1. The van der Waals surface area contributed by atoms with Crippen molar-refractivity contribution in [1.29, 1.82) is 0 Å². The van der Waals surface area contributed by atoms with Crippen molar-refractivity contribution in [2.24, 2.45) is 7.05 Å². The molecule has 1 aromatic carbocycles. The van der Waals surface area contributed by atoms with E-state index in [-0.39, 0.29) is 6.61 Å². The summed E-state index contributed by atoms with van der Waals surface area (Å²) in [6.45, 7) is 3.59. The lowest BCUT2D eigenvalue weighted by Gasteiger charge is -2.07. The molecule has 1 aromatic heterocycles. The fourth-order valence-electron chi connectivity index (χ4n) is 2.04. The fourth-order valence-corrected chi connectivity index (χ4v) is 2.51. The number of nitrogens with zero attached hydrogens (tertiary/aromatic N) is 2. The molecule has 0 unspecified atom stereocenters. The Morgan fingerprint density at radius 1 is 1.32 bits per heavy atom. The van der Waals surface area contributed by atoms with Crippen LogP contribution in [0.5, 0.6) is 0 Å². The van der Waals surface area contributed by atoms with Crippen LogP contribution in [-0.2, 0) is 26.7 Å². The van der Waals surface area contributed by atoms with Gasteiger partial charge in [-0.15, -0.1) is 0 Å². The zero-order valence-electron chi connectivity index (χ0n) is 11.2. The van der Waals surface area contributed by atoms with Gasteiger partial charge in [0.05, 0.1) is 22.5 Å². The van der Waals surface area contributed by atoms with E-state index in [1.165, 1.54) is 5.56 Å². The topological polar surface area (TPSA) is 50.1 Å². The van der Waals surface area contributed by atoms with Crippen molar-refractivity contribution in [3.8, 4) is 0 Å². The zero-order chi connectivity index (χ0) is 13.8. The van der Waals surface area contributed by atoms with E-state index in [1.807, 2.05) is 36.9 Å². The van der Waals surface area contributed by atoms with E-state index in [0.717, 1.165) is 34.5 Å². The summed E-state index contributed by atoms with van der Waals surface area (Å²) in [7, 11) is 1.95. The molecule has 0 saturated carbocycles. The Bertz CT molecular complexity index is 566. The quantitative estimate of drug-likeness (QED) is 0.887. The molecule has 0 aliphatic carbocycles. The molecule has 0 spiro atoms. The molecule has 2 aromatic rings. The third kappa shape index (κ3) is 3.43. The van der Waals surface area contributed by atoms with Crippen molar-refractivity contribution in [3.63, 3.8) is 0 Å². The molecule has 0 saturated heterocycles. The van der Waals surface area contributed by atoms with Crippen LogP contribution in [0.25, 0.3) is 0 Å². The van der Waals surface area contributed by atoms with Gasteiger partial charge in [0.1, 0.15) is 0 Å². The summed E-state index contributed by atoms with van der Waals surface area (Å²) in [5.74, 6) is 0. The van der Waals surface area contributed by atoms with Gasteiger partial charge in [0.25, 0.3) is 0 Å². The maximum Gasteiger partial charge on any atom is 0.0739 e. The molecule has 1 heterocycles. The molecular formula is C14H18BrN3O. The molecule has 0 fully saturated rings. The van der Waals surface area contributed by atoms with Crippen LogP contribution in [0.1, 0.15) is 22.5 Å². The number of rotatable bonds is 5. The Hall–Kier alpha value is -1.17. The van der Waals surface area contributed by atoms with Gasteiger partial charge in [-0.3, -0.25) is 4.68 Å². The van der Waals surface area contributed by atoms with Gasteiger partial charge < -0.3 is 10.4 Å². The molecule has 0 bridgehead atoms. The molecule has 2 rings (SSSR count). The second kappa shape index (κ2) is 6.32. The number of nitrogens with one attached hydrogen (secondary N) is 1. The Morgan fingerprint density at radius 3 is 2.68 bits per heavy atom. The molecule has 0 aliphatic heterocycles. The third-order valence-corrected chi connectivity index (χ3v) is 4.09. The second-order valence-corrected chi connectivity index (χ2v) is 5.34. The second-order valence-electron chi connectivity index (χ2n) is 4.55. The van der Waals surface area contributed by atoms with Crippen molar-refractivity contribution in [2.45, 2.75) is 26.6 Å². The maximum atomic E-state index is 9.10. The van der Waals surface area contributed by atoms with E-state index in [4.69, 9.17) is 5.11 Å². The molecule has 2 N–H and O–H groups in total. The first-order valence-corrected chi connectivity index (χ1v) is 6.98. The van der Waals surface area contributed by atoms with Gasteiger partial charge >= 0.3 is 0 Å². The van der Waals surface area contributed by atoms with Crippen LogP contribution in [-0.4, -0.2) is 14.9 Å². The van der Waals surface area contributed by atoms with Gasteiger partial charge in [-0.05, 0) is 34.0 Å². The van der Waals surface area contributed by atoms with Crippen LogP contribution in [0.15, 0.2) is 28.7 Å². The lowest BCUT2D eigenvalue weighted by atomic mass is 10.1. The molecule has 0 atom stereocenters. The summed E-state index contributed by atoms with van der Waals surface area (Å²) in [5, 5.41) is 16.9. The lowest BCUT2D eigenvalue weighted by molar-refractivity contribution is 0.281. The Labute approximate surface area is 121 Å². The molecule has 4 nitrogen and oxygen atoms in total. The molecule has 0 radical (unpaired) electrons. The van der Waals surface area contributed by atoms with Gasteiger partial charge in [0.2, 0.25) is 0 Å². The minimum absolute atomic E-state index is 0.0836. The molecule has 19 heavy (non-hydrogen) atoms. The summed E-state index contributed by atoms with van der Waals surface area (Å²) in [6.07, 6.45) is 0. The first-order chi connectivity index (χ1) is 9.11. The number of hydrogen-bond donors (Lipinski definition) is 2. The zero-order valence-corrected chi connectivity index (χ0v) is 12.7. The highest BCUT2D eigenvalue weighted by Crippen LogP contribution is 2.19. The van der Waals surface area contributed by atoms with Crippen LogP contribution in [0, 0.1) is 6.92 Å². The summed E-state index contributed by atoms with van der Waals surface area (Å²) in [6, 6.07) is 7.95. The highest BCUT2D eigenvalue weighted by Gasteiger charge is 2.09. The maximum absolute atomic E-state index is 9.10. The largest absolute Gasteiger partial charge is 0.392 e. The van der Waals surface area contributed by atoms with E-state index in [9.17, 15) is 0 Å². The minimum atomic E-state index is 0.0836. The molecular weight excluding hydrogens is 306 g/mol. The lowest BCUT2D eigenvalue weighted by Crippen LogP contribution is -2.15. The van der Waals surface area contributed by atoms with Gasteiger partial charge in [0.15, 0.2) is 0 Å². The predicted octanol–water partition coefficient (Wildman–Crippen LogP) is 2.27. The third-order valence-electron chi connectivity index (χ3n) is 3.06. The van der Waals surface area contributed by atoms with Gasteiger partial charge in [-0.1, -0.05) is 24.3 Å². The average molecular weight is 324 g/mol. The number of aryl methyl sites for hydroxylation is 2. The van der Waals surface area contributed by atoms with Crippen LogP contribution in [0.2, 0.25) is 0 Å². The van der Waals surface area contributed by atoms with Crippen LogP contribution >= 0.6 is 15.9 Å². The van der Waals surface area contributed by atoms with Gasteiger partial charge in [0, 0.05) is 20.1 Å². The summed E-state index contributed by atoms with van der Waals surface area (Å²) in [5.41, 5.74) is 4.25. The molecule has 102 valence electrons. The Balaban J connectivity index is 1.96. The number of aromatic nitrogens is 2.